The number of phenols is 6. The molecule has 348 valence electrons. The van der Waals surface area contributed by atoms with Gasteiger partial charge in [-0.05, 0) is 70.8 Å². The zero-order chi connectivity index (χ0) is 48.0. The molecule has 1 heterocycles. The molecule has 0 saturated carbocycles. The minimum atomic E-state index is -2.38. The summed E-state index contributed by atoms with van der Waals surface area (Å²) in [6.45, 7) is -2.35. The number of carbonyl (C=O) groups is 5. The summed E-state index contributed by atoms with van der Waals surface area (Å²) in [5.41, 5.74) is -1.11. The lowest BCUT2D eigenvalue weighted by Crippen LogP contribution is -2.54. The van der Waals surface area contributed by atoms with Gasteiger partial charge in [-0.3, -0.25) is 9.59 Å². The van der Waals surface area contributed by atoms with E-state index in [2.05, 4.69) is 0 Å². The van der Waals surface area contributed by atoms with E-state index < -0.39 is 156 Å². The summed E-state index contributed by atoms with van der Waals surface area (Å²) in [5, 5.41) is 142. The molecule has 5 rings (SSSR count). The first-order chi connectivity index (χ1) is 30.6. The highest BCUT2D eigenvalue weighted by atomic mass is 16.6. The largest absolute Gasteiger partial charge is 0.504 e. The van der Waals surface area contributed by atoms with Crippen LogP contribution in [0.15, 0.2) is 72.0 Å². The molecular weight excluding hydrogens is 872 g/mol. The van der Waals surface area contributed by atoms with Gasteiger partial charge < -0.3 is 90.4 Å². The Morgan fingerprint density at radius 2 is 1.37 bits per heavy atom. The van der Waals surface area contributed by atoms with Gasteiger partial charge in [0.25, 0.3) is 0 Å². The number of ether oxygens (including phenoxy) is 4. The van der Waals surface area contributed by atoms with E-state index in [-0.39, 0.29) is 22.3 Å². The van der Waals surface area contributed by atoms with E-state index >= 15 is 0 Å². The van der Waals surface area contributed by atoms with Crippen LogP contribution in [0.3, 0.4) is 0 Å². The summed E-state index contributed by atoms with van der Waals surface area (Å²) in [7, 11) is 0. The Labute approximate surface area is 365 Å². The van der Waals surface area contributed by atoms with Crippen LogP contribution in [-0.2, 0) is 42.9 Å². The van der Waals surface area contributed by atoms with Crippen LogP contribution in [0.4, 0.5) is 0 Å². The Balaban J connectivity index is 1.67. The predicted octanol–water partition coefficient (Wildman–Crippen LogP) is -1.22. The van der Waals surface area contributed by atoms with E-state index in [4.69, 9.17) is 18.9 Å². The molecule has 0 bridgehead atoms. The van der Waals surface area contributed by atoms with Crippen LogP contribution in [0.1, 0.15) is 34.6 Å². The molecule has 3 aromatic carbocycles. The number of benzene rings is 3. The van der Waals surface area contributed by atoms with E-state index in [1.807, 2.05) is 0 Å². The van der Waals surface area contributed by atoms with Crippen molar-refractivity contribution in [2.75, 3.05) is 13.2 Å². The Morgan fingerprint density at radius 1 is 0.738 bits per heavy atom. The quantitative estimate of drug-likeness (QED) is 0.0327. The van der Waals surface area contributed by atoms with Gasteiger partial charge in [0.2, 0.25) is 5.76 Å². The van der Waals surface area contributed by atoms with Gasteiger partial charge in [0.05, 0.1) is 31.1 Å². The molecule has 0 unspecified atom stereocenters. The zero-order valence-electron chi connectivity index (χ0n) is 33.3. The third kappa shape index (κ3) is 11.0. The summed E-state index contributed by atoms with van der Waals surface area (Å²) in [6.07, 6.45) is -15.3. The molecule has 65 heavy (non-hydrogen) atoms. The molecule has 1 aliphatic heterocycles. The highest BCUT2D eigenvalue weighted by Crippen LogP contribution is 2.48. The predicted molar refractivity (Wildman–Crippen MR) is 212 cm³/mol. The minimum absolute atomic E-state index is 0.113. The van der Waals surface area contributed by atoms with Crippen LogP contribution in [0.2, 0.25) is 0 Å². The van der Waals surface area contributed by atoms with Crippen LogP contribution >= 0.6 is 0 Å². The van der Waals surface area contributed by atoms with Gasteiger partial charge in [0, 0.05) is 18.1 Å². The molecule has 0 radical (unpaired) electrons. The Bertz CT molecular complexity index is 2400. The fourth-order valence-electron chi connectivity index (χ4n) is 7.00. The van der Waals surface area contributed by atoms with Crippen LogP contribution in [0.25, 0.3) is 12.2 Å². The fourth-order valence-corrected chi connectivity index (χ4v) is 7.00. The van der Waals surface area contributed by atoms with E-state index in [1.54, 1.807) is 0 Å². The van der Waals surface area contributed by atoms with Crippen LogP contribution in [0, 0.1) is 5.92 Å². The third-order valence-corrected chi connectivity index (χ3v) is 10.2. The SMILES string of the molecule is O=C(O)C[C@@H](O)[C@@H](OC(=O)C1=Cc2cc(O)c(O)cc2[C@@H](c2ccc(O)c(O)c2)[C@@H]1C(=O)O[C@@H]1C=C(C(=O)O)O[C@H]([C@H](O)CO)[C@@H]1OC(=O)/C=C/c1ccc(O)c(O)c1)[C@@H](O)[C@@H](O)CO. The van der Waals surface area contributed by atoms with Crippen molar-refractivity contribution in [3.05, 3.63) is 94.3 Å². The van der Waals surface area contributed by atoms with Gasteiger partial charge in [-0.15, -0.1) is 0 Å². The highest BCUT2D eigenvalue weighted by molar-refractivity contribution is 6.02. The van der Waals surface area contributed by atoms with Crippen molar-refractivity contribution in [1.29, 1.82) is 0 Å². The summed E-state index contributed by atoms with van der Waals surface area (Å²) in [5.74, 6) is -17.0. The molecule has 23 nitrogen and oxygen atoms in total. The van der Waals surface area contributed by atoms with Crippen molar-refractivity contribution in [2.24, 2.45) is 5.92 Å². The third-order valence-electron chi connectivity index (χ3n) is 10.2. The molecule has 10 atom stereocenters. The average molecular weight is 915 g/mol. The zero-order valence-corrected chi connectivity index (χ0v) is 33.3. The minimum Gasteiger partial charge on any atom is -0.504 e. The molecule has 1 aliphatic carbocycles. The fraction of sp³-hybridized carbons (Fsp3) is 0.310. The van der Waals surface area contributed by atoms with Crippen molar-refractivity contribution in [1.82, 2.24) is 0 Å². The lowest BCUT2D eigenvalue weighted by molar-refractivity contribution is -0.189. The standard InChI is InChI=1S/C42H42O23/c43-14-28(52)36(57)37(27(51)12-32(54)55)65-41(60)20-8-18-10-25(49)26(50)11-19(18)34(17-3-5-22(46)24(48)9-17)35(20)42(61)63-30-13-31(40(58)59)62-38(29(53)15-44)39(30)64-33(56)6-2-16-1-4-21(45)23(47)7-16/h1-11,13,27-30,34-39,43-53,57H,12,14-15H2,(H,54,55)(H,58,59)/b6-2+/t27-,28+,29-,30-,34-,35-,36+,37-,38-,39-/m1/s1. The molecule has 0 spiro atoms. The lowest BCUT2D eigenvalue weighted by atomic mass is 9.71. The first-order valence-electron chi connectivity index (χ1n) is 19.0. The van der Waals surface area contributed by atoms with Gasteiger partial charge in [0.1, 0.15) is 24.4 Å². The Morgan fingerprint density at radius 3 is 1.97 bits per heavy atom. The van der Waals surface area contributed by atoms with Crippen molar-refractivity contribution in [3.8, 4) is 34.5 Å². The smallest absolute Gasteiger partial charge is 0.370 e. The molecule has 0 aromatic heterocycles. The maximum absolute atomic E-state index is 14.9. The molecule has 3 aromatic rings. The highest BCUT2D eigenvalue weighted by Gasteiger charge is 2.49. The number of fused-ring (bicyclic) bond motifs is 1. The lowest BCUT2D eigenvalue weighted by Gasteiger charge is -2.39. The molecule has 23 heteroatoms. The number of hydrogen-bond donors (Lipinski definition) is 14. The van der Waals surface area contributed by atoms with Crippen molar-refractivity contribution < 1.29 is 114 Å². The van der Waals surface area contributed by atoms with Crippen molar-refractivity contribution in [3.63, 3.8) is 0 Å². The monoisotopic (exact) mass is 914 g/mol. The average Bonchev–Trinajstić information content (AvgIpc) is 3.25. The Kier molecular flexibility index (Phi) is 15.3. The number of hydrogen-bond acceptors (Lipinski definition) is 21. The van der Waals surface area contributed by atoms with Crippen LogP contribution < -0.4 is 0 Å². The second kappa shape index (κ2) is 20.4. The molecule has 0 saturated heterocycles. The first kappa shape index (κ1) is 48.6. The summed E-state index contributed by atoms with van der Waals surface area (Å²) in [6, 6.07) is 8.29. The number of aromatic hydroxyl groups is 6. The molecular formula is C42H42O23. The molecule has 2 aliphatic rings. The van der Waals surface area contributed by atoms with Gasteiger partial charge in [0.15, 0.2) is 58.9 Å². The number of carbonyl (C=O) groups excluding carboxylic acids is 3. The van der Waals surface area contributed by atoms with Crippen molar-refractivity contribution in [2.45, 2.75) is 61.2 Å². The molecule has 14 N–H and O–H groups in total. The van der Waals surface area contributed by atoms with Crippen LogP contribution in [-0.4, -0.2) is 163 Å². The van der Waals surface area contributed by atoms with E-state index in [0.29, 0.717) is 6.08 Å². The number of esters is 3. The van der Waals surface area contributed by atoms with Gasteiger partial charge in [-0.1, -0.05) is 12.1 Å². The second-order valence-electron chi connectivity index (χ2n) is 14.6. The number of carboxylic acid groups (broad SMARTS) is 2. The van der Waals surface area contributed by atoms with E-state index in [1.165, 1.54) is 6.07 Å². The maximum atomic E-state index is 14.9. The molecule has 0 amide bonds. The number of carboxylic acids is 2. The Hall–Kier alpha value is -7.41. The number of aliphatic hydroxyl groups excluding tert-OH is 6. The van der Waals surface area contributed by atoms with Gasteiger partial charge in [-0.2, -0.15) is 0 Å². The topological polar surface area (TPSA) is 405 Å². The number of phenolic OH excluding ortho intramolecular Hbond substituents is 6. The number of rotatable bonds is 17. The summed E-state index contributed by atoms with van der Waals surface area (Å²) >= 11 is 0. The summed E-state index contributed by atoms with van der Waals surface area (Å²) in [4.78, 5) is 66.3. The normalized spacial score (nSPS) is 21.5. The number of aliphatic carboxylic acids is 2. The van der Waals surface area contributed by atoms with Crippen molar-refractivity contribution >= 4 is 42.0 Å². The van der Waals surface area contributed by atoms with Crippen LogP contribution in [0.5, 0.6) is 34.5 Å². The van der Waals surface area contributed by atoms with Gasteiger partial charge in [-0.25, -0.2) is 14.4 Å². The first-order valence-corrected chi connectivity index (χ1v) is 19.0. The van der Waals surface area contributed by atoms with Gasteiger partial charge >= 0.3 is 29.8 Å². The number of aliphatic hydroxyl groups is 6. The summed E-state index contributed by atoms with van der Waals surface area (Å²) < 4.78 is 21.9. The maximum Gasteiger partial charge on any atom is 0.370 e. The van der Waals surface area contributed by atoms with E-state index in [9.17, 15) is 95.5 Å². The molecule has 0 fully saturated rings. The van der Waals surface area contributed by atoms with E-state index in [0.717, 1.165) is 60.7 Å². The second-order valence-corrected chi connectivity index (χ2v) is 14.6.